The van der Waals surface area contributed by atoms with Gasteiger partial charge in [-0.25, -0.2) is 4.79 Å². The number of carboxylic acid groups (broad SMARTS) is 2. The molecule has 0 aliphatic heterocycles. The summed E-state index contributed by atoms with van der Waals surface area (Å²) in [4.78, 5) is 96.8. The van der Waals surface area contributed by atoms with Gasteiger partial charge in [0.05, 0.1) is 19.6 Å². The predicted molar refractivity (Wildman–Crippen MR) is 201 cm³/mol. The zero-order chi connectivity index (χ0) is 41.1. The Hall–Kier alpha value is -6.31. The van der Waals surface area contributed by atoms with E-state index < -0.39 is 103 Å². The predicted octanol–water partition coefficient (Wildman–Crippen LogP) is -1.61. The number of nitrogens with two attached hydrogens (primary N) is 1. The second-order valence-corrected chi connectivity index (χ2v) is 13.5. The van der Waals surface area contributed by atoms with Crippen LogP contribution in [0.1, 0.15) is 31.4 Å². The van der Waals surface area contributed by atoms with Crippen LogP contribution >= 0.6 is 0 Å². The van der Waals surface area contributed by atoms with Gasteiger partial charge in [0.2, 0.25) is 29.5 Å². The molecule has 2 aromatic heterocycles. The lowest BCUT2D eigenvalue weighted by Crippen LogP contribution is -2.61. The van der Waals surface area contributed by atoms with Gasteiger partial charge in [-0.2, -0.15) is 0 Å². The van der Waals surface area contributed by atoms with Crippen molar-refractivity contribution in [2.45, 2.75) is 69.4 Å². The van der Waals surface area contributed by atoms with Crippen LogP contribution in [0, 0.1) is 5.92 Å². The van der Waals surface area contributed by atoms with Gasteiger partial charge in [-0.05, 0) is 29.2 Å². The molecule has 4 rings (SSSR count). The van der Waals surface area contributed by atoms with Gasteiger partial charge in [-0.1, -0.05) is 50.2 Å². The summed E-state index contributed by atoms with van der Waals surface area (Å²) in [6, 6.07) is 5.01. The summed E-state index contributed by atoms with van der Waals surface area (Å²) in [6.07, 6.45) is 1.94. The molecule has 0 spiro atoms. The largest absolute Gasteiger partial charge is 0.481 e. The standard InChI is InChI=1S/C37H46N8O11/c1-18(2)31(37(55)56)45-35(53)27(12-20-15-40-25-10-6-4-8-22(20)25)42-36(54)29(17-47)44-34(52)28(13-30(48)49)43-33(51)26(41-32(50)23(38)16-46)11-19-14-39-24-9-5-3-7-21(19)24/h3-10,14-15,18,23,26-29,31,39-40,46-47H,11-13,16-17,38H2,1-2H3,(H,41,50)(H,42,54)(H,43,51)(H,44,52)(H,45,53)(H,48,49)(H,55,56)/t23-,26-,27-,28-,29-,31-/m0/s1. The highest BCUT2D eigenvalue weighted by Crippen LogP contribution is 2.21. The molecule has 300 valence electrons. The van der Waals surface area contributed by atoms with E-state index in [4.69, 9.17) is 5.73 Å². The van der Waals surface area contributed by atoms with E-state index >= 15 is 0 Å². The third-order valence-corrected chi connectivity index (χ3v) is 9.06. The third kappa shape index (κ3) is 10.9. The number of aromatic amines is 2. The van der Waals surface area contributed by atoms with Crippen molar-refractivity contribution in [1.82, 2.24) is 36.6 Å². The number of hydrogen-bond donors (Lipinski definition) is 12. The number of carbonyl (C=O) groups excluding carboxylic acids is 5. The molecule has 0 saturated heterocycles. The summed E-state index contributed by atoms with van der Waals surface area (Å²) < 4.78 is 0. The van der Waals surface area contributed by atoms with Crippen molar-refractivity contribution < 1.29 is 54.0 Å². The quantitative estimate of drug-likeness (QED) is 0.0482. The fourth-order valence-electron chi connectivity index (χ4n) is 5.98. The summed E-state index contributed by atoms with van der Waals surface area (Å²) in [5, 5.41) is 52.1. The minimum Gasteiger partial charge on any atom is -0.481 e. The molecule has 0 bridgehead atoms. The van der Waals surface area contributed by atoms with Crippen molar-refractivity contribution in [1.29, 1.82) is 0 Å². The second-order valence-electron chi connectivity index (χ2n) is 13.5. The van der Waals surface area contributed by atoms with Crippen molar-refractivity contribution in [3.63, 3.8) is 0 Å². The van der Waals surface area contributed by atoms with Crippen LogP contribution in [0.2, 0.25) is 0 Å². The summed E-state index contributed by atoms with van der Waals surface area (Å²) in [5.74, 6) is -8.43. The van der Waals surface area contributed by atoms with E-state index in [9.17, 15) is 54.0 Å². The molecular weight excluding hydrogens is 732 g/mol. The van der Waals surface area contributed by atoms with Crippen LogP contribution in [0.25, 0.3) is 21.8 Å². The Morgan fingerprint density at radius 1 is 0.607 bits per heavy atom. The van der Waals surface area contributed by atoms with Crippen LogP contribution in [0.5, 0.6) is 0 Å². The minimum atomic E-state index is -1.84. The average molecular weight is 779 g/mol. The number of aliphatic hydroxyl groups is 2. The van der Waals surface area contributed by atoms with Gasteiger partial charge in [0, 0.05) is 47.0 Å². The van der Waals surface area contributed by atoms with E-state index in [1.165, 1.54) is 0 Å². The molecule has 13 N–H and O–H groups in total. The SMILES string of the molecule is CC(C)[C@H](NC(=O)[C@H](Cc1c[nH]c2ccccc12)NC(=O)[C@H](CO)NC(=O)[C@H](CC(=O)O)NC(=O)[C@H](Cc1c[nH]c2ccccc12)NC(=O)[C@@H](N)CO)C(=O)O. The Bertz CT molecular complexity index is 2060. The van der Waals surface area contributed by atoms with Crippen molar-refractivity contribution in [3.05, 3.63) is 72.1 Å². The molecular formula is C37H46N8O11. The van der Waals surface area contributed by atoms with Crippen molar-refractivity contribution in [3.8, 4) is 0 Å². The highest BCUT2D eigenvalue weighted by molar-refractivity contribution is 5.98. The lowest BCUT2D eigenvalue weighted by molar-refractivity contribution is -0.143. The molecule has 6 atom stereocenters. The first-order valence-corrected chi connectivity index (χ1v) is 17.7. The van der Waals surface area contributed by atoms with Gasteiger partial charge in [0.1, 0.15) is 36.3 Å². The summed E-state index contributed by atoms with van der Waals surface area (Å²) in [6.45, 7) is 1.38. The summed E-state index contributed by atoms with van der Waals surface area (Å²) >= 11 is 0. The molecule has 0 saturated carbocycles. The first kappa shape index (κ1) is 42.4. The molecule has 56 heavy (non-hydrogen) atoms. The van der Waals surface area contributed by atoms with Gasteiger partial charge in [0.15, 0.2) is 0 Å². The van der Waals surface area contributed by atoms with E-state index in [1.54, 1.807) is 74.8 Å². The van der Waals surface area contributed by atoms with Gasteiger partial charge >= 0.3 is 11.9 Å². The second kappa shape index (κ2) is 19.3. The van der Waals surface area contributed by atoms with Gasteiger partial charge in [0.25, 0.3) is 0 Å². The number of benzene rings is 2. The Morgan fingerprint density at radius 3 is 1.50 bits per heavy atom. The van der Waals surface area contributed by atoms with Crippen molar-refractivity contribution >= 4 is 63.3 Å². The number of aliphatic hydroxyl groups excluding tert-OH is 2. The average Bonchev–Trinajstić information content (AvgIpc) is 3.77. The van der Waals surface area contributed by atoms with Crippen LogP contribution in [0.15, 0.2) is 60.9 Å². The lowest BCUT2D eigenvalue weighted by atomic mass is 10.0. The highest BCUT2D eigenvalue weighted by Gasteiger charge is 2.34. The Balaban J connectivity index is 1.54. The normalized spacial score (nSPS) is 14.5. The number of amides is 5. The van der Waals surface area contributed by atoms with E-state index in [0.29, 0.717) is 16.5 Å². The zero-order valence-electron chi connectivity index (χ0n) is 30.6. The maximum atomic E-state index is 13.7. The van der Waals surface area contributed by atoms with Crippen LogP contribution in [-0.2, 0) is 46.4 Å². The van der Waals surface area contributed by atoms with E-state index in [1.807, 2.05) is 0 Å². The fourth-order valence-corrected chi connectivity index (χ4v) is 5.98. The molecule has 19 heteroatoms. The van der Waals surface area contributed by atoms with E-state index in [2.05, 4.69) is 36.6 Å². The molecule has 0 aliphatic carbocycles. The molecule has 2 heterocycles. The molecule has 0 unspecified atom stereocenters. The number of carboxylic acids is 2. The number of aliphatic carboxylic acids is 2. The molecule has 0 fully saturated rings. The van der Waals surface area contributed by atoms with Crippen molar-refractivity contribution in [2.75, 3.05) is 13.2 Å². The number of nitrogens with one attached hydrogen (secondary N) is 7. The zero-order valence-corrected chi connectivity index (χ0v) is 30.6. The number of H-pyrrole nitrogens is 2. The molecule has 2 aromatic carbocycles. The number of hydrogen-bond acceptors (Lipinski definition) is 10. The van der Waals surface area contributed by atoms with Crippen LogP contribution in [0.4, 0.5) is 0 Å². The van der Waals surface area contributed by atoms with Crippen LogP contribution in [-0.4, -0.2) is 121 Å². The molecule has 0 radical (unpaired) electrons. The first-order valence-electron chi connectivity index (χ1n) is 17.7. The summed E-state index contributed by atoms with van der Waals surface area (Å²) in [7, 11) is 0. The van der Waals surface area contributed by atoms with Gasteiger partial charge in [-0.3, -0.25) is 28.8 Å². The number of fused-ring (bicyclic) bond motifs is 2. The summed E-state index contributed by atoms with van der Waals surface area (Å²) in [5.41, 5.74) is 8.26. The first-order chi connectivity index (χ1) is 26.6. The Labute approximate surface area is 319 Å². The molecule has 0 aliphatic rings. The van der Waals surface area contributed by atoms with E-state index in [0.717, 1.165) is 16.4 Å². The maximum absolute atomic E-state index is 13.7. The molecule has 4 aromatic rings. The van der Waals surface area contributed by atoms with Crippen molar-refractivity contribution in [2.24, 2.45) is 11.7 Å². The Morgan fingerprint density at radius 2 is 1.04 bits per heavy atom. The number of aromatic nitrogens is 2. The molecule has 5 amide bonds. The highest BCUT2D eigenvalue weighted by atomic mass is 16.4. The minimum absolute atomic E-state index is 0.140. The van der Waals surface area contributed by atoms with E-state index in [-0.39, 0.29) is 12.8 Å². The van der Waals surface area contributed by atoms with Gasteiger partial charge in [-0.15, -0.1) is 0 Å². The van der Waals surface area contributed by atoms with Gasteiger partial charge < -0.3 is 62.7 Å². The van der Waals surface area contributed by atoms with Crippen LogP contribution < -0.4 is 32.3 Å². The lowest BCUT2D eigenvalue weighted by Gasteiger charge is -2.26. The Kier molecular flexibility index (Phi) is 14.6. The molecule has 19 nitrogen and oxygen atoms in total. The number of rotatable bonds is 20. The topological polar surface area (TPSA) is 318 Å². The monoisotopic (exact) mass is 778 g/mol. The fraction of sp³-hybridized carbons (Fsp3) is 0.378. The maximum Gasteiger partial charge on any atom is 0.326 e. The number of carbonyl (C=O) groups is 7. The van der Waals surface area contributed by atoms with Crippen LogP contribution in [0.3, 0.4) is 0 Å². The smallest absolute Gasteiger partial charge is 0.326 e. The number of para-hydroxylation sites is 2. The third-order valence-electron chi connectivity index (χ3n) is 9.06.